The molecule has 0 bridgehead atoms. The van der Waals surface area contributed by atoms with Gasteiger partial charge in [0.1, 0.15) is 5.16 Å². The van der Waals surface area contributed by atoms with Crippen LogP contribution in [-0.4, -0.2) is 10.6 Å². The van der Waals surface area contributed by atoms with E-state index in [1.165, 1.54) is 0 Å². The van der Waals surface area contributed by atoms with Gasteiger partial charge in [-0.05, 0) is 46.5 Å². The second kappa shape index (κ2) is 12.9. The van der Waals surface area contributed by atoms with Crippen LogP contribution in [0, 0.1) is 0 Å². The van der Waals surface area contributed by atoms with E-state index in [9.17, 15) is 4.79 Å². The summed E-state index contributed by atoms with van der Waals surface area (Å²) in [5.74, 6) is -0.219. The highest BCUT2D eigenvalue weighted by atomic mass is 32.2. The van der Waals surface area contributed by atoms with Crippen LogP contribution in [0.5, 0.6) is 0 Å². The molecule has 0 fully saturated rings. The van der Waals surface area contributed by atoms with Crippen LogP contribution >= 0.6 is 8.58 Å². The van der Waals surface area contributed by atoms with Crippen LogP contribution in [-0.2, 0) is 19.3 Å². The number of hydrogen-bond acceptors (Lipinski definition) is 3. The van der Waals surface area contributed by atoms with Gasteiger partial charge in [0.25, 0.3) is 0 Å². The number of carbonyl (C=O) groups is 2. The smallest absolute Gasteiger partial charge is 0.292 e. The highest BCUT2D eigenvalue weighted by Gasteiger charge is 2.53. The molecule has 6 aromatic carbocycles. The predicted molar refractivity (Wildman–Crippen MR) is 181 cm³/mol. The second-order valence-electron chi connectivity index (χ2n) is 10.3. The van der Waals surface area contributed by atoms with E-state index in [2.05, 4.69) is 0 Å². The monoisotopic (exact) mass is 609 g/mol. The lowest BCUT2D eigenvalue weighted by Gasteiger charge is -2.33. The third-order valence-electron chi connectivity index (χ3n) is 7.71. The quantitative estimate of drug-likeness (QED) is 0.0931. The van der Waals surface area contributed by atoms with Gasteiger partial charge >= 0.3 is 4.86 Å². The Bertz CT molecular complexity index is 1840. The fourth-order valence-corrected chi connectivity index (χ4v) is 10.3. The highest BCUT2D eigenvalue weighted by Crippen LogP contribution is 2.54. The van der Waals surface area contributed by atoms with Crippen molar-refractivity contribution in [2.75, 3.05) is 0 Å². The molecule has 0 N–H and O–H groups in total. The third kappa shape index (κ3) is 5.39. The Morgan fingerprint density at radius 3 is 1.34 bits per heavy atom. The molecule has 0 aliphatic rings. The SMILES string of the molecule is O=C(c1ccccc1-c1ccccc1)C(PC(=O)[S+](=O)(c1ccccc1)c1ccccc1)(c1ccccc1)c1ccccc1. The first-order valence-corrected chi connectivity index (χ1v) is 16.9. The lowest BCUT2D eigenvalue weighted by molar-refractivity contribution is 0.0958. The van der Waals surface area contributed by atoms with Gasteiger partial charge in [-0.3, -0.25) is 4.79 Å². The molecule has 0 amide bonds. The molecule has 0 saturated carbocycles. The molecule has 0 aliphatic heterocycles. The lowest BCUT2D eigenvalue weighted by atomic mass is 9.81. The molecule has 1 unspecified atom stereocenters. The Morgan fingerprint density at radius 2 is 0.864 bits per heavy atom. The van der Waals surface area contributed by atoms with E-state index in [0.717, 1.165) is 11.1 Å². The van der Waals surface area contributed by atoms with E-state index >= 15 is 9.00 Å². The van der Waals surface area contributed by atoms with E-state index in [4.69, 9.17) is 0 Å². The summed E-state index contributed by atoms with van der Waals surface area (Å²) in [5.41, 5.74) is 3.52. The summed E-state index contributed by atoms with van der Waals surface area (Å²) in [6.07, 6.45) is 0. The zero-order chi connectivity index (χ0) is 30.4. The zero-order valence-corrected chi connectivity index (χ0v) is 25.7. The molecule has 0 aromatic heterocycles. The minimum atomic E-state index is -3.43. The Labute approximate surface area is 260 Å². The maximum absolute atomic E-state index is 15.4. The molecule has 3 nitrogen and oxygen atoms in total. The standard InChI is InChI=1S/C39H30O3PS/c40-37(36-29-17-16-28-35(36)30-18-6-1-7-19-30)39(31-20-8-2-9-21-31,32-22-10-3-11-23-32)43-38(41)44(42,33-24-12-4-13-25-33)34-26-14-5-15-27-34/h1-29,43H/q+1. The predicted octanol–water partition coefficient (Wildman–Crippen LogP) is 9.90. The first-order valence-electron chi connectivity index (χ1n) is 14.3. The van der Waals surface area contributed by atoms with Gasteiger partial charge < -0.3 is 0 Å². The summed E-state index contributed by atoms with van der Waals surface area (Å²) in [7, 11) is -4.11. The van der Waals surface area contributed by atoms with Crippen LogP contribution in [0.3, 0.4) is 0 Å². The van der Waals surface area contributed by atoms with Gasteiger partial charge in [-0.15, -0.1) is 0 Å². The molecule has 0 saturated heterocycles. The van der Waals surface area contributed by atoms with Crippen LogP contribution in [0.1, 0.15) is 21.5 Å². The Kier molecular flexibility index (Phi) is 8.56. The van der Waals surface area contributed by atoms with Gasteiger partial charge in [-0.25, -0.2) is 4.79 Å². The third-order valence-corrected chi connectivity index (χ3v) is 12.7. The average molecular weight is 610 g/mol. The minimum absolute atomic E-state index is 0.219. The molecule has 0 spiro atoms. The van der Waals surface area contributed by atoms with Crippen molar-refractivity contribution in [2.45, 2.75) is 14.9 Å². The van der Waals surface area contributed by atoms with Crippen LogP contribution in [0.25, 0.3) is 11.1 Å². The molecule has 0 heterocycles. The zero-order valence-electron chi connectivity index (χ0n) is 23.9. The van der Waals surface area contributed by atoms with Crippen LogP contribution in [0.2, 0.25) is 0 Å². The number of carbonyl (C=O) groups excluding carboxylic acids is 2. The molecule has 0 aliphatic carbocycles. The summed E-state index contributed by atoms with van der Waals surface area (Å²) < 4.78 is 15.2. The van der Waals surface area contributed by atoms with Gasteiger partial charge in [0.05, 0.1) is 0 Å². The van der Waals surface area contributed by atoms with Gasteiger partial charge in [0.15, 0.2) is 15.6 Å². The minimum Gasteiger partial charge on any atom is -0.292 e. The fraction of sp³-hybridized carbons (Fsp3) is 0.0256. The van der Waals surface area contributed by atoms with Crippen molar-refractivity contribution >= 4 is 29.2 Å². The van der Waals surface area contributed by atoms with Crippen molar-refractivity contribution in [2.24, 2.45) is 0 Å². The second-order valence-corrected chi connectivity index (χ2v) is 14.6. The van der Waals surface area contributed by atoms with Gasteiger partial charge in [0.2, 0.25) is 9.93 Å². The summed E-state index contributed by atoms with van der Waals surface area (Å²) in [5, 5.41) is -1.43. The summed E-state index contributed by atoms with van der Waals surface area (Å²) in [6, 6.07) is 53.9. The van der Waals surface area contributed by atoms with E-state index in [-0.39, 0.29) is 5.78 Å². The van der Waals surface area contributed by atoms with Crippen LogP contribution in [0.15, 0.2) is 186 Å². The van der Waals surface area contributed by atoms with E-state index in [1.54, 1.807) is 48.5 Å². The number of Topliss-reactive ketones (excluding diaryl/α,β-unsaturated/α-hetero) is 1. The van der Waals surface area contributed by atoms with Crippen molar-refractivity contribution in [3.8, 4) is 11.1 Å². The number of hydrogen-bond donors (Lipinski definition) is 0. The van der Waals surface area contributed by atoms with E-state index < -0.39 is 28.5 Å². The Hall–Kier alpha value is -4.76. The molecular weight excluding hydrogens is 579 g/mol. The van der Waals surface area contributed by atoms with Crippen molar-refractivity contribution < 1.29 is 13.8 Å². The lowest BCUT2D eigenvalue weighted by Crippen LogP contribution is -2.36. The molecule has 1 atom stereocenters. The summed E-state index contributed by atoms with van der Waals surface area (Å²) >= 11 is 0. The summed E-state index contributed by atoms with van der Waals surface area (Å²) in [6.45, 7) is 0. The first-order chi connectivity index (χ1) is 21.5. The number of ketones is 1. The Morgan fingerprint density at radius 1 is 0.477 bits per heavy atom. The largest absolute Gasteiger partial charge is 0.361 e. The average Bonchev–Trinajstić information content (AvgIpc) is 3.11. The number of rotatable bonds is 9. The van der Waals surface area contributed by atoms with Gasteiger partial charge in [0, 0.05) is 14.1 Å². The van der Waals surface area contributed by atoms with Crippen molar-refractivity contribution in [1.82, 2.24) is 0 Å². The highest BCUT2D eigenvalue weighted by molar-refractivity contribution is 8.25. The van der Waals surface area contributed by atoms with Crippen molar-refractivity contribution in [1.29, 1.82) is 0 Å². The van der Waals surface area contributed by atoms with E-state index in [0.29, 0.717) is 26.5 Å². The normalized spacial score (nSPS) is 11.8. The van der Waals surface area contributed by atoms with Gasteiger partial charge in [-0.1, -0.05) is 156 Å². The van der Waals surface area contributed by atoms with Crippen molar-refractivity contribution in [3.05, 3.63) is 193 Å². The summed E-state index contributed by atoms with van der Waals surface area (Å²) in [4.78, 5) is 30.6. The topological polar surface area (TPSA) is 51.2 Å². The van der Waals surface area contributed by atoms with E-state index in [1.807, 2.05) is 127 Å². The van der Waals surface area contributed by atoms with Crippen LogP contribution < -0.4 is 0 Å². The molecular formula is C39H30O3PS+. The maximum atomic E-state index is 15.4. The molecule has 6 aromatic rings. The fourth-order valence-electron chi connectivity index (χ4n) is 5.56. The molecule has 6 rings (SSSR count). The molecule has 0 radical (unpaired) electrons. The molecule has 214 valence electrons. The van der Waals surface area contributed by atoms with Crippen molar-refractivity contribution in [3.63, 3.8) is 0 Å². The number of benzene rings is 6. The molecule has 5 heteroatoms. The van der Waals surface area contributed by atoms with Gasteiger partial charge in [-0.2, -0.15) is 0 Å². The molecule has 44 heavy (non-hydrogen) atoms. The Balaban J connectivity index is 1.61. The maximum Gasteiger partial charge on any atom is 0.361 e. The van der Waals surface area contributed by atoms with Crippen LogP contribution in [0.4, 0.5) is 4.79 Å². The first kappa shape index (κ1) is 29.3.